The predicted octanol–water partition coefficient (Wildman–Crippen LogP) is 1.75. The number of carbonyl (C=O) groups is 1. The average molecular weight is 228 g/mol. The van der Waals surface area contributed by atoms with Gasteiger partial charge in [-0.25, -0.2) is 0 Å². The molecule has 5 nitrogen and oxygen atoms in total. The van der Waals surface area contributed by atoms with Gasteiger partial charge < -0.3 is 4.74 Å². The van der Waals surface area contributed by atoms with Gasteiger partial charge in [0.05, 0.1) is 4.92 Å². The number of fused-ring (bicyclic) bond motifs is 1. The van der Waals surface area contributed by atoms with Gasteiger partial charge in [0.25, 0.3) is 0 Å². The van der Waals surface area contributed by atoms with Gasteiger partial charge in [-0.1, -0.05) is 11.6 Å². The molecule has 0 aromatic heterocycles. The van der Waals surface area contributed by atoms with Crippen LogP contribution in [0.3, 0.4) is 0 Å². The first-order chi connectivity index (χ1) is 7.08. The first kappa shape index (κ1) is 9.92. The predicted molar refractivity (Wildman–Crippen MR) is 52.3 cm³/mol. The summed E-state index contributed by atoms with van der Waals surface area (Å²) in [6, 6.07) is 2.73. The summed E-state index contributed by atoms with van der Waals surface area (Å²) in [5, 5.41) is 10.9. The number of nitrogens with zero attached hydrogens (tertiary/aromatic N) is 1. The van der Waals surface area contributed by atoms with Crippen LogP contribution in [0.1, 0.15) is 5.56 Å². The smallest absolute Gasteiger partial charge is 0.312 e. The lowest BCUT2D eigenvalue weighted by atomic mass is 10.0. The van der Waals surface area contributed by atoms with Gasteiger partial charge in [-0.15, -0.1) is 0 Å². The zero-order chi connectivity index (χ0) is 11.0. The Labute approximate surface area is 89.8 Å². The summed E-state index contributed by atoms with van der Waals surface area (Å²) in [6.07, 6.45) is 0.136. The van der Waals surface area contributed by atoms with Crippen molar-refractivity contribution in [3.05, 3.63) is 32.8 Å². The van der Waals surface area contributed by atoms with E-state index in [0.717, 1.165) is 0 Å². The van der Waals surface area contributed by atoms with Crippen LogP contribution < -0.4 is 4.74 Å². The van der Waals surface area contributed by atoms with Crippen molar-refractivity contribution in [2.45, 2.75) is 6.42 Å². The molecule has 0 fully saturated rings. The maximum Gasteiger partial charge on any atom is 0.312 e. The second kappa shape index (κ2) is 3.51. The van der Waals surface area contributed by atoms with Crippen LogP contribution in [-0.2, 0) is 11.2 Å². The van der Waals surface area contributed by atoms with Crippen LogP contribution in [0.5, 0.6) is 5.75 Å². The van der Waals surface area contributed by atoms with Crippen molar-refractivity contribution in [2.75, 3.05) is 6.61 Å². The van der Waals surface area contributed by atoms with Crippen molar-refractivity contribution in [2.24, 2.45) is 0 Å². The summed E-state index contributed by atoms with van der Waals surface area (Å²) in [4.78, 5) is 21.2. The molecule has 0 saturated heterocycles. The molecule has 0 saturated carbocycles. The van der Waals surface area contributed by atoms with E-state index in [1.807, 2.05) is 0 Å². The van der Waals surface area contributed by atoms with Crippen molar-refractivity contribution >= 4 is 23.1 Å². The Morgan fingerprint density at radius 2 is 2.20 bits per heavy atom. The van der Waals surface area contributed by atoms with Crippen LogP contribution in [0.2, 0.25) is 5.02 Å². The molecule has 0 N–H and O–H groups in total. The normalized spacial score (nSPS) is 14.3. The maximum atomic E-state index is 11.1. The van der Waals surface area contributed by atoms with Gasteiger partial charge in [0.15, 0.2) is 5.78 Å². The van der Waals surface area contributed by atoms with Crippen molar-refractivity contribution < 1.29 is 14.5 Å². The third-order valence-electron chi connectivity index (χ3n) is 2.07. The fourth-order valence-corrected chi connectivity index (χ4v) is 1.72. The minimum atomic E-state index is -0.569. The zero-order valence-electron chi connectivity index (χ0n) is 7.53. The quantitative estimate of drug-likeness (QED) is 0.541. The number of ketones is 1. The highest BCUT2D eigenvalue weighted by Crippen LogP contribution is 2.36. The van der Waals surface area contributed by atoms with E-state index in [1.165, 1.54) is 12.1 Å². The number of benzene rings is 1. The molecule has 6 heteroatoms. The van der Waals surface area contributed by atoms with Crippen LogP contribution in [0.25, 0.3) is 0 Å². The van der Waals surface area contributed by atoms with Gasteiger partial charge in [-0.2, -0.15) is 0 Å². The third kappa shape index (κ3) is 1.78. The molecule has 0 aliphatic carbocycles. The maximum absolute atomic E-state index is 11.1. The molecule has 0 bridgehead atoms. The van der Waals surface area contributed by atoms with Crippen LogP contribution in [-0.4, -0.2) is 17.3 Å². The first-order valence-electron chi connectivity index (χ1n) is 4.19. The second-order valence-electron chi connectivity index (χ2n) is 3.17. The number of ether oxygens (including phenoxy) is 1. The molecule has 1 aliphatic rings. The molecule has 1 aromatic rings. The molecule has 15 heavy (non-hydrogen) atoms. The molecule has 0 spiro atoms. The minimum Gasteiger partial charge on any atom is -0.479 e. The highest BCUT2D eigenvalue weighted by atomic mass is 35.5. The van der Waals surface area contributed by atoms with Crippen molar-refractivity contribution in [1.82, 2.24) is 0 Å². The Morgan fingerprint density at radius 3 is 2.87 bits per heavy atom. The molecular weight excluding hydrogens is 222 g/mol. The summed E-state index contributed by atoms with van der Waals surface area (Å²) in [5.74, 6) is 0.0445. The molecule has 0 amide bonds. The van der Waals surface area contributed by atoms with Crippen LogP contribution >= 0.6 is 11.6 Å². The van der Waals surface area contributed by atoms with E-state index in [9.17, 15) is 14.9 Å². The van der Waals surface area contributed by atoms with E-state index >= 15 is 0 Å². The first-order valence-corrected chi connectivity index (χ1v) is 4.57. The Hall–Kier alpha value is -1.62. The van der Waals surface area contributed by atoms with Gasteiger partial charge in [-0.3, -0.25) is 14.9 Å². The monoisotopic (exact) mass is 227 g/mol. The molecule has 1 heterocycles. The number of hydrogen-bond acceptors (Lipinski definition) is 4. The number of nitro groups is 1. The number of halogens is 1. The number of carbonyl (C=O) groups excluding carboxylic acids is 1. The summed E-state index contributed by atoms with van der Waals surface area (Å²) in [6.45, 7) is -0.116. The summed E-state index contributed by atoms with van der Waals surface area (Å²) in [5.41, 5.74) is 0.287. The van der Waals surface area contributed by atoms with E-state index in [0.29, 0.717) is 5.56 Å². The molecular formula is C9H6ClNO4. The van der Waals surface area contributed by atoms with E-state index in [1.54, 1.807) is 0 Å². The highest BCUT2D eigenvalue weighted by Gasteiger charge is 2.26. The van der Waals surface area contributed by atoms with Crippen molar-refractivity contribution in [3.8, 4) is 5.75 Å². The zero-order valence-corrected chi connectivity index (χ0v) is 8.28. The van der Waals surface area contributed by atoms with Crippen molar-refractivity contribution in [3.63, 3.8) is 0 Å². The topological polar surface area (TPSA) is 69.4 Å². The Balaban J connectivity index is 2.58. The van der Waals surface area contributed by atoms with Crippen LogP contribution in [0.15, 0.2) is 12.1 Å². The lowest BCUT2D eigenvalue weighted by Crippen LogP contribution is -2.20. The van der Waals surface area contributed by atoms with E-state index in [2.05, 4.69) is 0 Å². The largest absolute Gasteiger partial charge is 0.479 e. The minimum absolute atomic E-state index is 0.112. The van der Waals surface area contributed by atoms with Crippen LogP contribution in [0.4, 0.5) is 5.69 Å². The lowest BCUT2D eigenvalue weighted by Gasteiger charge is -2.16. The Morgan fingerprint density at radius 1 is 1.47 bits per heavy atom. The Kier molecular flexibility index (Phi) is 2.32. The standard InChI is InChI=1S/C9H6ClNO4/c10-6-1-5-2-7(12)4-15-9(5)8(3-6)11(13)14/h1,3H,2,4H2. The van der Waals surface area contributed by atoms with Gasteiger partial charge in [0, 0.05) is 23.1 Å². The van der Waals surface area contributed by atoms with Gasteiger partial charge >= 0.3 is 5.69 Å². The van der Waals surface area contributed by atoms with Crippen molar-refractivity contribution in [1.29, 1.82) is 0 Å². The highest BCUT2D eigenvalue weighted by molar-refractivity contribution is 6.31. The average Bonchev–Trinajstić information content (AvgIpc) is 2.15. The fourth-order valence-electron chi connectivity index (χ4n) is 1.48. The van der Waals surface area contributed by atoms with Gasteiger partial charge in [0.2, 0.25) is 5.75 Å². The van der Waals surface area contributed by atoms with Gasteiger partial charge in [-0.05, 0) is 6.07 Å². The summed E-state index contributed by atoms with van der Waals surface area (Å²) < 4.78 is 5.03. The van der Waals surface area contributed by atoms with Crippen LogP contribution in [0, 0.1) is 10.1 Å². The number of rotatable bonds is 1. The summed E-state index contributed by atoms with van der Waals surface area (Å²) in [7, 11) is 0. The molecule has 1 aromatic carbocycles. The lowest BCUT2D eigenvalue weighted by molar-refractivity contribution is -0.385. The number of hydrogen-bond donors (Lipinski definition) is 0. The fraction of sp³-hybridized carbons (Fsp3) is 0.222. The molecule has 1 aliphatic heterocycles. The molecule has 0 atom stereocenters. The van der Waals surface area contributed by atoms with Gasteiger partial charge in [0.1, 0.15) is 6.61 Å². The number of nitro benzene ring substituents is 1. The third-order valence-corrected chi connectivity index (χ3v) is 2.29. The summed E-state index contributed by atoms with van der Waals surface area (Å²) >= 11 is 5.70. The Bertz CT molecular complexity index is 458. The van der Waals surface area contributed by atoms with E-state index in [4.69, 9.17) is 16.3 Å². The molecule has 78 valence electrons. The van der Waals surface area contributed by atoms with E-state index in [-0.39, 0.29) is 35.3 Å². The van der Waals surface area contributed by atoms with E-state index < -0.39 is 4.92 Å². The second-order valence-corrected chi connectivity index (χ2v) is 3.61. The number of Topliss-reactive ketones (excluding diaryl/α,β-unsaturated/α-hetero) is 1. The molecule has 0 unspecified atom stereocenters. The molecule has 0 radical (unpaired) electrons. The SMILES string of the molecule is O=C1COc2c(cc(Cl)cc2[N+](=O)[O-])C1. The molecule has 2 rings (SSSR count).